The van der Waals surface area contributed by atoms with Gasteiger partial charge >= 0.3 is 0 Å². The maximum atomic E-state index is 10.1. The molecule has 0 spiro atoms. The van der Waals surface area contributed by atoms with Crippen molar-refractivity contribution in [3.63, 3.8) is 0 Å². The SMILES string of the molecule is OC(C(Cl)Cl)[C@@H](COCc1ccccc1)OCc1ccccc1. The molecule has 124 valence electrons. The van der Waals surface area contributed by atoms with Crippen LogP contribution in [-0.2, 0) is 22.7 Å². The molecule has 2 atom stereocenters. The number of aliphatic hydroxyl groups excluding tert-OH is 1. The normalized spacial score (nSPS) is 13.9. The summed E-state index contributed by atoms with van der Waals surface area (Å²) in [5.74, 6) is 0. The van der Waals surface area contributed by atoms with Crippen LogP contribution in [0.1, 0.15) is 11.1 Å². The van der Waals surface area contributed by atoms with Crippen LogP contribution < -0.4 is 0 Å². The van der Waals surface area contributed by atoms with E-state index in [2.05, 4.69) is 0 Å². The Bertz CT molecular complexity index is 549. The Morgan fingerprint density at radius 3 is 1.87 bits per heavy atom. The molecular formula is C18H20Cl2O3. The fourth-order valence-electron chi connectivity index (χ4n) is 2.05. The molecule has 0 aliphatic rings. The van der Waals surface area contributed by atoms with Crippen molar-refractivity contribution in [3.8, 4) is 0 Å². The molecule has 0 aliphatic carbocycles. The number of halogens is 2. The summed E-state index contributed by atoms with van der Waals surface area (Å²) in [5, 5.41) is 10.1. The molecule has 0 saturated heterocycles. The van der Waals surface area contributed by atoms with E-state index in [4.69, 9.17) is 32.7 Å². The molecule has 23 heavy (non-hydrogen) atoms. The Morgan fingerprint density at radius 2 is 1.35 bits per heavy atom. The van der Waals surface area contributed by atoms with E-state index in [1.807, 2.05) is 60.7 Å². The van der Waals surface area contributed by atoms with Crippen molar-refractivity contribution in [2.75, 3.05) is 6.61 Å². The van der Waals surface area contributed by atoms with Gasteiger partial charge in [0, 0.05) is 0 Å². The van der Waals surface area contributed by atoms with Gasteiger partial charge in [0.25, 0.3) is 0 Å². The van der Waals surface area contributed by atoms with Crippen LogP contribution in [-0.4, -0.2) is 28.8 Å². The fourth-order valence-corrected chi connectivity index (χ4v) is 2.38. The molecule has 5 heteroatoms. The molecule has 2 aromatic carbocycles. The average Bonchev–Trinajstić information content (AvgIpc) is 2.59. The zero-order chi connectivity index (χ0) is 16.5. The maximum absolute atomic E-state index is 10.1. The van der Waals surface area contributed by atoms with E-state index in [9.17, 15) is 5.11 Å². The summed E-state index contributed by atoms with van der Waals surface area (Å²) in [5.41, 5.74) is 2.06. The molecule has 2 aromatic rings. The van der Waals surface area contributed by atoms with E-state index in [0.29, 0.717) is 13.2 Å². The summed E-state index contributed by atoms with van der Waals surface area (Å²) in [6.45, 7) is 1.00. The topological polar surface area (TPSA) is 38.7 Å². The molecule has 0 heterocycles. The van der Waals surface area contributed by atoms with E-state index in [0.717, 1.165) is 11.1 Å². The standard InChI is InChI=1S/C18H20Cl2O3/c19-18(20)17(21)16(23-12-15-9-5-2-6-10-15)13-22-11-14-7-3-1-4-8-14/h1-10,16-18,21H,11-13H2/t16-,17?/m1/s1. The number of aliphatic hydroxyl groups is 1. The zero-order valence-corrected chi connectivity index (χ0v) is 14.2. The number of hydrogen-bond donors (Lipinski definition) is 1. The third kappa shape index (κ3) is 6.50. The van der Waals surface area contributed by atoms with Gasteiger partial charge in [-0.1, -0.05) is 60.7 Å². The Morgan fingerprint density at radius 1 is 0.826 bits per heavy atom. The fraction of sp³-hybridized carbons (Fsp3) is 0.333. The minimum atomic E-state index is -1.02. The van der Waals surface area contributed by atoms with Crippen molar-refractivity contribution in [2.24, 2.45) is 0 Å². The molecule has 1 N–H and O–H groups in total. The molecule has 1 unspecified atom stereocenters. The van der Waals surface area contributed by atoms with E-state index >= 15 is 0 Å². The molecule has 0 saturated carbocycles. The van der Waals surface area contributed by atoms with Crippen LogP contribution in [0, 0.1) is 0 Å². The van der Waals surface area contributed by atoms with Gasteiger partial charge in [0.2, 0.25) is 0 Å². The number of ether oxygens (including phenoxy) is 2. The summed E-state index contributed by atoms with van der Waals surface area (Å²) < 4.78 is 11.4. The van der Waals surface area contributed by atoms with Crippen molar-refractivity contribution in [1.29, 1.82) is 0 Å². The quantitative estimate of drug-likeness (QED) is 0.692. The van der Waals surface area contributed by atoms with Crippen LogP contribution >= 0.6 is 23.2 Å². The molecule has 0 aliphatic heterocycles. The highest BCUT2D eigenvalue weighted by Gasteiger charge is 2.26. The van der Waals surface area contributed by atoms with Crippen molar-refractivity contribution < 1.29 is 14.6 Å². The highest BCUT2D eigenvalue weighted by molar-refractivity contribution is 6.44. The molecule has 0 amide bonds. The van der Waals surface area contributed by atoms with Crippen molar-refractivity contribution >= 4 is 23.2 Å². The van der Waals surface area contributed by atoms with Gasteiger partial charge in [0.1, 0.15) is 17.0 Å². The molecule has 0 fully saturated rings. The lowest BCUT2D eigenvalue weighted by atomic mass is 10.2. The Kier molecular flexibility index (Phi) is 7.86. The van der Waals surface area contributed by atoms with E-state index in [1.165, 1.54) is 0 Å². The first-order valence-corrected chi connectivity index (χ1v) is 8.27. The first-order valence-electron chi connectivity index (χ1n) is 7.40. The second-order valence-electron chi connectivity index (χ2n) is 5.16. The summed E-state index contributed by atoms with van der Waals surface area (Å²) in [7, 11) is 0. The van der Waals surface area contributed by atoms with Gasteiger partial charge in [-0.2, -0.15) is 0 Å². The molecule has 2 rings (SSSR count). The van der Waals surface area contributed by atoms with Crippen LogP contribution in [0.4, 0.5) is 0 Å². The predicted octanol–water partition coefficient (Wildman–Crippen LogP) is 3.95. The molecule has 0 aromatic heterocycles. The molecule has 0 radical (unpaired) electrons. The lowest BCUT2D eigenvalue weighted by molar-refractivity contribution is -0.0849. The number of alkyl halides is 2. The van der Waals surface area contributed by atoms with Gasteiger partial charge in [0.05, 0.1) is 19.8 Å². The molecule has 3 nitrogen and oxygen atoms in total. The lowest BCUT2D eigenvalue weighted by Crippen LogP contribution is -2.37. The Labute approximate surface area is 146 Å². The summed E-state index contributed by atoms with van der Waals surface area (Å²) in [6, 6.07) is 19.5. The average molecular weight is 355 g/mol. The molecule has 0 bridgehead atoms. The van der Waals surface area contributed by atoms with Gasteiger partial charge in [-0.05, 0) is 11.1 Å². The highest BCUT2D eigenvalue weighted by atomic mass is 35.5. The summed E-state index contributed by atoms with van der Waals surface area (Å²) >= 11 is 11.6. The first kappa shape index (κ1) is 18.2. The number of benzene rings is 2. The van der Waals surface area contributed by atoms with Gasteiger partial charge in [-0.3, -0.25) is 0 Å². The molecular weight excluding hydrogens is 335 g/mol. The summed E-state index contributed by atoms with van der Waals surface area (Å²) in [6.07, 6.45) is -1.61. The minimum Gasteiger partial charge on any atom is -0.387 e. The third-order valence-electron chi connectivity index (χ3n) is 3.34. The second-order valence-corrected chi connectivity index (χ2v) is 6.32. The van der Waals surface area contributed by atoms with Gasteiger partial charge in [-0.25, -0.2) is 0 Å². The van der Waals surface area contributed by atoms with Crippen LogP contribution in [0.3, 0.4) is 0 Å². The van der Waals surface area contributed by atoms with Gasteiger partial charge < -0.3 is 14.6 Å². The first-order chi connectivity index (χ1) is 11.2. The number of hydrogen-bond acceptors (Lipinski definition) is 3. The van der Waals surface area contributed by atoms with E-state index < -0.39 is 17.0 Å². The zero-order valence-electron chi connectivity index (χ0n) is 12.6. The Hall–Kier alpha value is -1.10. The largest absolute Gasteiger partial charge is 0.387 e. The van der Waals surface area contributed by atoms with Crippen molar-refractivity contribution in [3.05, 3.63) is 71.8 Å². The maximum Gasteiger partial charge on any atom is 0.136 e. The minimum absolute atomic E-state index is 0.207. The lowest BCUT2D eigenvalue weighted by Gasteiger charge is -2.24. The van der Waals surface area contributed by atoms with E-state index in [1.54, 1.807) is 0 Å². The van der Waals surface area contributed by atoms with Crippen LogP contribution in [0.25, 0.3) is 0 Å². The monoisotopic (exact) mass is 354 g/mol. The van der Waals surface area contributed by atoms with Crippen molar-refractivity contribution in [1.82, 2.24) is 0 Å². The second kappa shape index (κ2) is 9.91. The number of rotatable bonds is 9. The summed E-state index contributed by atoms with van der Waals surface area (Å²) in [4.78, 5) is -0.934. The smallest absolute Gasteiger partial charge is 0.136 e. The van der Waals surface area contributed by atoms with Gasteiger partial charge in [-0.15, -0.1) is 23.2 Å². The Balaban J connectivity index is 1.86. The highest BCUT2D eigenvalue weighted by Crippen LogP contribution is 2.16. The van der Waals surface area contributed by atoms with Crippen molar-refractivity contribution in [2.45, 2.75) is 30.3 Å². The van der Waals surface area contributed by atoms with Gasteiger partial charge in [0.15, 0.2) is 0 Å². The van der Waals surface area contributed by atoms with E-state index in [-0.39, 0.29) is 6.61 Å². The third-order valence-corrected chi connectivity index (χ3v) is 3.86. The predicted molar refractivity (Wildman–Crippen MR) is 92.6 cm³/mol. The van der Waals surface area contributed by atoms with Crippen LogP contribution in [0.2, 0.25) is 0 Å². The van der Waals surface area contributed by atoms with Crippen LogP contribution in [0.5, 0.6) is 0 Å². The van der Waals surface area contributed by atoms with Crippen LogP contribution in [0.15, 0.2) is 60.7 Å².